The van der Waals surface area contributed by atoms with Crippen molar-refractivity contribution < 1.29 is 19.0 Å². The number of morpholine rings is 1. The van der Waals surface area contributed by atoms with E-state index in [4.69, 9.17) is 37.4 Å². The Morgan fingerprint density at radius 2 is 1.92 bits per heavy atom. The number of halogens is 2. The molecule has 2 N–H and O–H groups in total. The summed E-state index contributed by atoms with van der Waals surface area (Å²) in [6, 6.07) is 7.13. The number of urea groups is 1. The molecule has 1 aliphatic rings. The van der Waals surface area contributed by atoms with E-state index in [1.54, 1.807) is 17.2 Å². The van der Waals surface area contributed by atoms with Crippen molar-refractivity contribution in [1.29, 1.82) is 0 Å². The summed E-state index contributed by atoms with van der Waals surface area (Å²) in [7, 11) is 1.50. The van der Waals surface area contributed by atoms with E-state index in [0.29, 0.717) is 70.5 Å². The Bertz CT molecular complexity index is 1420. The van der Waals surface area contributed by atoms with E-state index in [9.17, 15) is 4.79 Å². The lowest BCUT2D eigenvalue weighted by Crippen LogP contribution is -2.43. The largest absolute Gasteiger partial charge is 0.486 e. The molecule has 1 saturated heterocycles. The predicted molar refractivity (Wildman–Crippen MR) is 141 cm³/mol. The molecule has 0 radical (unpaired) electrons. The van der Waals surface area contributed by atoms with Crippen LogP contribution in [0.4, 0.5) is 10.5 Å². The van der Waals surface area contributed by atoms with E-state index in [1.165, 1.54) is 19.5 Å². The third-order valence-electron chi connectivity index (χ3n) is 6.00. The number of hydrogen-bond donors (Lipinski definition) is 2. The highest BCUT2D eigenvalue weighted by Crippen LogP contribution is 2.36. The highest BCUT2D eigenvalue weighted by Gasteiger charge is 2.21. The maximum atomic E-state index is 12.8. The first-order chi connectivity index (χ1) is 17.9. The van der Waals surface area contributed by atoms with Gasteiger partial charge in [-0.15, -0.1) is 0 Å². The molecule has 192 valence electrons. The van der Waals surface area contributed by atoms with Gasteiger partial charge in [0.05, 0.1) is 35.9 Å². The summed E-state index contributed by atoms with van der Waals surface area (Å²) in [4.78, 5) is 22.8. The fraction of sp³-hybridized carbons (Fsp3) is 0.280. The Balaban J connectivity index is 1.43. The molecule has 5 rings (SSSR count). The lowest BCUT2D eigenvalue weighted by Gasteiger charge is -2.27. The number of aromatic nitrogens is 4. The molecule has 10 nitrogen and oxygen atoms in total. The fourth-order valence-electron chi connectivity index (χ4n) is 4.15. The number of amides is 2. The molecule has 37 heavy (non-hydrogen) atoms. The monoisotopic (exact) mass is 542 g/mol. The van der Waals surface area contributed by atoms with Gasteiger partial charge in [-0.3, -0.25) is 10.1 Å². The van der Waals surface area contributed by atoms with Crippen LogP contribution in [0, 0.1) is 0 Å². The van der Waals surface area contributed by atoms with Gasteiger partial charge in [0.2, 0.25) is 5.88 Å². The van der Waals surface area contributed by atoms with Gasteiger partial charge in [-0.1, -0.05) is 23.2 Å². The number of fused-ring (bicyclic) bond motifs is 1. The number of pyridine rings is 2. The Hall–Kier alpha value is -3.60. The van der Waals surface area contributed by atoms with Gasteiger partial charge in [0.15, 0.2) is 0 Å². The number of hydrogen-bond acceptors (Lipinski definition) is 7. The topological polar surface area (TPSA) is 114 Å². The molecule has 0 bridgehead atoms. The van der Waals surface area contributed by atoms with Crippen molar-refractivity contribution in [2.24, 2.45) is 0 Å². The minimum Gasteiger partial charge on any atom is -0.486 e. The van der Waals surface area contributed by atoms with Crippen molar-refractivity contribution in [1.82, 2.24) is 25.1 Å². The molecule has 1 aromatic carbocycles. The molecule has 4 heterocycles. The van der Waals surface area contributed by atoms with Crippen LogP contribution in [-0.2, 0) is 4.74 Å². The second kappa shape index (κ2) is 10.8. The standard InChI is InChI=1S/C25H24Cl2N6O4/c1-14(22-18(26)12-28-13-19(22)27)37-16-3-4-20-17(10-16)23(32-31-20)15-9-21(24(35-2)29-11-15)30-25(34)33-5-7-36-8-6-33/h3-4,9-14H,5-8H2,1-2H3,(H,30,34)(H,31,32)/t14-/m1/s1. The second-order valence-corrected chi connectivity index (χ2v) is 9.18. The van der Waals surface area contributed by atoms with Crippen LogP contribution < -0.4 is 14.8 Å². The van der Waals surface area contributed by atoms with Crippen molar-refractivity contribution >= 4 is 45.8 Å². The number of carbonyl (C=O) groups is 1. The molecule has 12 heteroatoms. The van der Waals surface area contributed by atoms with Gasteiger partial charge in [0, 0.05) is 48.2 Å². The van der Waals surface area contributed by atoms with Crippen LogP contribution in [0.1, 0.15) is 18.6 Å². The van der Waals surface area contributed by atoms with E-state index in [0.717, 1.165) is 10.9 Å². The van der Waals surface area contributed by atoms with Gasteiger partial charge in [-0.25, -0.2) is 9.78 Å². The van der Waals surface area contributed by atoms with E-state index >= 15 is 0 Å². The SMILES string of the molecule is COc1ncc(-c2n[nH]c3ccc(O[C@H](C)c4c(Cl)cncc4Cl)cc23)cc1NC(=O)N1CCOCC1. The molecule has 0 spiro atoms. The minimum absolute atomic E-state index is 0.245. The maximum absolute atomic E-state index is 12.8. The number of methoxy groups -OCH3 is 1. The molecule has 2 amide bonds. The van der Waals surface area contributed by atoms with Crippen LogP contribution >= 0.6 is 23.2 Å². The van der Waals surface area contributed by atoms with Crippen LogP contribution in [0.15, 0.2) is 42.9 Å². The van der Waals surface area contributed by atoms with Crippen LogP contribution in [0.5, 0.6) is 11.6 Å². The number of carbonyl (C=O) groups excluding carboxylic acids is 1. The van der Waals surface area contributed by atoms with Gasteiger partial charge < -0.3 is 24.4 Å². The summed E-state index contributed by atoms with van der Waals surface area (Å²) in [5, 5.41) is 12.1. The molecule has 0 saturated carbocycles. The molecule has 1 aliphatic heterocycles. The number of anilines is 1. The van der Waals surface area contributed by atoms with Crippen molar-refractivity contribution in [2.45, 2.75) is 13.0 Å². The van der Waals surface area contributed by atoms with Crippen molar-refractivity contribution in [3.63, 3.8) is 0 Å². The van der Waals surface area contributed by atoms with Crippen LogP contribution in [0.3, 0.4) is 0 Å². The summed E-state index contributed by atoms with van der Waals surface area (Å²) < 4.78 is 16.9. The Morgan fingerprint density at radius 1 is 1.16 bits per heavy atom. The molecular weight excluding hydrogens is 519 g/mol. The average Bonchev–Trinajstić information content (AvgIpc) is 3.32. The zero-order valence-electron chi connectivity index (χ0n) is 20.1. The smallest absolute Gasteiger partial charge is 0.322 e. The minimum atomic E-state index is -0.416. The molecule has 3 aromatic heterocycles. The zero-order valence-corrected chi connectivity index (χ0v) is 21.6. The van der Waals surface area contributed by atoms with Crippen molar-refractivity contribution in [2.75, 3.05) is 38.7 Å². The summed E-state index contributed by atoms with van der Waals surface area (Å²) in [6.07, 6.45) is 4.30. The predicted octanol–water partition coefficient (Wildman–Crippen LogP) is 5.34. The molecule has 4 aromatic rings. The van der Waals surface area contributed by atoms with Gasteiger partial charge >= 0.3 is 6.03 Å². The number of benzene rings is 1. The average molecular weight is 543 g/mol. The highest BCUT2D eigenvalue weighted by atomic mass is 35.5. The molecule has 1 fully saturated rings. The quantitative estimate of drug-likeness (QED) is 0.338. The van der Waals surface area contributed by atoms with Crippen LogP contribution in [0.2, 0.25) is 10.0 Å². The molecule has 0 aliphatic carbocycles. The summed E-state index contributed by atoms with van der Waals surface area (Å²) in [5.41, 5.74) is 3.24. The number of nitrogens with one attached hydrogen (secondary N) is 2. The number of aromatic amines is 1. The van der Waals surface area contributed by atoms with Crippen molar-refractivity contribution in [3.8, 4) is 22.9 Å². The highest BCUT2D eigenvalue weighted by molar-refractivity contribution is 6.35. The first-order valence-corrected chi connectivity index (χ1v) is 12.3. The number of H-pyrrole nitrogens is 1. The lowest BCUT2D eigenvalue weighted by atomic mass is 10.1. The Labute approximate surface area is 222 Å². The van der Waals surface area contributed by atoms with E-state index in [2.05, 4.69) is 25.5 Å². The first-order valence-electron chi connectivity index (χ1n) is 11.6. The van der Waals surface area contributed by atoms with E-state index < -0.39 is 6.10 Å². The van der Waals surface area contributed by atoms with Gasteiger partial charge in [0.1, 0.15) is 23.2 Å². The normalized spacial score (nSPS) is 14.4. The van der Waals surface area contributed by atoms with E-state index in [1.807, 2.05) is 25.1 Å². The Morgan fingerprint density at radius 3 is 2.65 bits per heavy atom. The third kappa shape index (κ3) is 5.27. The first kappa shape index (κ1) is 25.1. The molecule has 1 atom stereocenters. The molecule has 0 unspecified atom stereocenters. The second-order valence-electron chi connectivity index (χ2n) is 8.37. The molecular formula is C25H24Cl2N6O4. The lowest BCUT2D eigenvalue weighted by molar-refractivity contribution is 0.0564. The van der Waals surface area contributed by atoms with Crippen LogP contribution in [-0.4, -0.2) is 64.5 Å². The van der Waals surface area contributed by atoms with E-state index in [-0.39, 0.29) is 6.03 Å². The maximum Gasteiger partial charge on any atom is 0.322 e. The number of nitrogens with zero attached hydrogens (tertiary/aromatic N) is 4. The van der Waals surface area contributed by atoms with Gasteiger partial charge in [-0.05, 0) is 31.2 Å². The fourth-order valence-corrected chi connectivity index (χ4v) is 4.83. The Kier molecular flexibility index (Phi) is 7.31. The third-order valence-corrected chi connectivity index (χ3v) is 6.60. The summed E-state index contributed by atoms with van der Waals surface area (Å²) >= 11 is 12.6. The number of rotatable bonds is 6. The van der Waals surface area contributed by atoms with Crippen molar-refractivity contribution in [3.05, 3.63) is 58.5 Å². The zero-order chi connectivity index (χ0) is 25.9. The van der Waals surface area contributed by atoms with Gasteiger partial charge in [-0.2, -0.15) is 5.10 Å². The summed E-state index contributed by atoms with van der Waals surface area (Å²) in [5.74, 6) is 0.906. The van der Waals surface area contributed by atoms with Gasteiger partial charge in [0.25, 0.3) is 0 Å². The summed E-state index contributed by atoms with van der Waals surface area (Å²) in [6.45, 7) is 3.91. The van der Waals surface area contributed by atoms with Crippen LogP contribution in [0.25, 0.3) is 22.2 Å². The number of ether oxygens (including phenoxy) is 3.